The second-order valence-electron chi connectivity index (χ2n) is 7.56. The molecule has 104 valence electrons. The minimum absolute atomic E-state index is 0.639. The first-order chi connectivity index (χ1) is 9.21. The maximum Gasteiger partial charge on any atom is 0.0762 e. The zero-order valence-corrected chi connectivity index (χ0v) is 11.9. The van der Waals surface area contributed by atoms with E-state index in [4.69, 9.17) is 0 Å². The molecule has 3 heteroatoms. The molecule has 0 spiro atoms. The van der Waals surface area contributed by atoms with Crippen LogP contribution in [0, 0.1) is 30.1 Å². The Labute approximate surface area is 115 Å². The average molecular weight is 259 g/mol. The number of nitrogens with zero attached hydrogens (tertiary/aromatic N) is 1. The fourth-order valence-electron chi connectivity index (χ4n) is 5.53. The van der Waals surface area contributed by atoms with Crippen LogP contribution in [0.1, 0.15) is 49.9 Å². The van der Waals surface area contributed by atoms with Crippen molar-refractivity contribution in [3.63, 3.8) is 0 Å². The highest BCUT2D eigenvalue weighted by molar-refractivity contribution is 5.07. The van der Waals surface area contributed by atoms with Gasteiger partial charge in [-0.1, -0.05) is 0 Å². The van der Waals surface area contributed by atoms with Crippen molar-refractivity contribution in [1.82, 2.24) is 15.5 Å². The van der Waals surface area contributed by atoms with Crippen LogP contribution in [0.15, 0.2) is 6.07 Å². The maximum absolute atomic E-state index is 4.31. The van der Waals surface area contributed by atoms with Crippen molar-refractivity contribution in [2.75, 3.05) is 6.54 Å². The lowest BCUT2D eigenvalue weighted by Gasteiger charge is -2.57. The third-order valence-electron chi connectivity index (χ3n) is 5.73. The van der Waals surface area contributed by atoms with E-state index in [9.17, 15) is 0 Å². The second-order valence-corrected chi connectivity index (χ2v) is 7.56. The van der Waals surface area contributed by atoms with Crippen LogP contribution in [0.2, 0.25) is 0 Å². The van der Waals surface area contributed by atoms with Gasteiger partial charge in [-0.2, -0.15) is 5.10 Å². The van der Waals surface area contributed by atoms with E-state index in [1.807, 2.05) is 0 Å². The van der Waals surface area contributed by atoms with Gasteiger partial charge in [-0.25, -0.2) is 0 Å². The highest BCUT2D eigenvalue weighted by Crippen LogP contribution is 2.59. The number of nitrogens with one attached hydrogen (secondary N) is 2. The molecular weight excluding hydrogens is 234 g/mol. The third kappa shape index (κ3) is 2.22. The summed E-state index contributed by atoms with van der Waals surface area (Å²) in [6.45, 7) is 4.20. The summed E-state index contributed by atoms with van der Waals surface area (Å²) < 4.78 is 0. The molecule has 1 aromatic rings. The van der Waals surface area contributed by atoms with Crippen LogP contribution in [0.3, 0.4) is 0 Å². The number of hydrogen-bond acceptors (Lipinski definition) is 2. The number of H-pyrrole nitrogens is 1. The molecule has 1 heterocycles. The molecule has 4 aliphatic carbocycles. The van der Waals surface area contributed by atoms with Crippen molar-refractivity contribution < 1.29 is 0 Å². The van der Waals surface area contributed by atoms with Crippen LogP contribution in [-0.4, -0.2) is 16.7 Å². The highest BCUT2D eigenvalue weighted by Gasteiger charge is 2.50. The van der Waals surface area contributed by atoms with E-state index >= 15 is 0 Å². The van der Waals surface area contributed by atoms with E-state index in [0.29, 0.717) is 5.41 Å². The fraction of sp³-hybridized carbons (Fsp3) is 0.812. The zero-order chi connectivity index (χ0) is 12.9. The van der Waals surface area contributed by atoms with Crippen LogP contribution in [0.5, 0.6) is 0 Å². The molecule has 4 fully saturated rings. The molecule has 4 bridgehead atoms. The highest BCUT2D eigenvalue weighted by atomic mass is 15.1. The number of hydrogen-bond donors (Lipinski definition) is 2. The summed E-state index contributed by atoms with van der Waals surface area (Å²) in [5.41, 5.74) is 2.95. The summed E-state index contributed by atoms with van der Waals surface area (Å²) in [6, 6.07) is 2.15. The Morgan fingerprint density at radius 3 is 2.37 bits per heavy atom. The Bertz CT molecular complexity index is 427. The van der Waals surface area contributed by atoms with Crippen molar-refractivity contribution in [2.45, 2.75) is 52.0 Å². The molecule has 0 saturated heterocycles. The minimum Gasteiger partial charge on any atom is -0.311 e. The van der Waals surface area contributed by atoms with E-state index in [0.717, 1.165) is 35.7 Å². The fourth-order valence-corrected chi connectivity index (χ4v) is 5.53. The van der Waals surface area contributed by atoms with E-state index in [1.54, 1.807) is 0 Å². The molecule has 0 atom stereocenters. The molecule has 0 radical (unpaired) electrons. The normalized spacial score (nSPS) is 39.9. The molecule has 4 saturated carbocycles. The smallest absolute Gasteiger partial charge is 0.0762 e. The molecule has 4 aliphatic rings. The van der Waals surface area contributed by atoms with Crippen molar-refractivity contribution in [3.05, 3.63) is 17.5 Å². The summed E-state index contributed by atoms with van der Waals surface area (Å²) in [6.07, 6.45) is 9.09. The van der Waals surface area contributed by atoms with Crippen LogP contribution < -0.4 is 5.32 Å². The quantitative estimate of drug-likeness (QED) is 0.872. The van der Waals surface area contributed by atoms with Gasteiger partial charge < -0.3 is 5.32 Å². The first-order valence-electron chi connectivity index (χ1n) is 7.92. The average Bonchev–Trinajstić information content (AvgIpc) is 2.73. The molecular formula is C16H25N3. The standard InChI is InChI=1S/C16H25N3/c1-11-2-15(19-18-11)9-17-10-16-6-12-3-13(7-16)5-14(4-12)8-16/h2,12-14,17H,3-10H2,1H3,(H,18,19). The van der Waals surface area contributed by atoms with E-state index in [2.05, 4.69) is 28.5 Å². The summed E-state index contributed by atoms with van der Waals surface area (Å²) in [4.78, 5) is 0. The molecule has 19 heavy (non-hydrogen) atoms. The monoisotopic (exact) mass is 259 g/mol. The molecule has 0 aliphatic heterocycles. The van der Waals surface area contributed by atoms with Gasteiger partial charge in [0.1, 0.15) is 0 Å². The molecule has 5 rings (SSSR count). The van der Waals surface area contributed by atoms with Gasteiger partial charge in [0.25, 0.3) is 0 Å². The summed E-state index contributed by atoms with van der Waals surface area (Å²) in [7, 11) is 0. The maximum atomic E-state index is 4.31. The molecule has 1 aromatic heterocycles. The Morgan fingerprint density at radius 2 is 1.84 bits per heavy atom. The molecule has 0 aromatic carbocycles. The van der Waals surface area contributed by atoms with Gasteiger partial charge in [-0.3, -0.25) is 5.10 Å². The largest absolute Gasteiger partial charge is 0.311 e. The van der Waals surface area contributed by atoms with Crippen LogP contribution >= 0.6 is 0 Å². The van der Waals surface area contributed by atoms with E-state index < -0.39 is 0 Å². The van der Waals surface area contributed by atoms with Gasteiger partial charge in [-0.15, -0.1) is 0 Å². The first kappa shape index (κ1) is 12.0. The van der Waals surface area contributed by atoms with Crippen molar-refractivity contribution in [3.8, 4) is 0 Å². The molecule has 2 N–H and O–H groups in total. The third-order valence-corrected chi connectivity index (χ3v) is 5.73. The van der Waals surface area contributed by atoms with Gasteiger partial charge in [0.05, 0.1) is 5.69 Å². The molecule has 0 unspecified atom stereocenters. The predicted molar refractivity (Wildman–Crippen MR) is 75.6 cm³/mol. The molecule has 3 nitrogen and oxygen atoms in total. The Balaban J connectivity index is 1.37. The lowest BCUT2D eigenvalue weighted by atomic mass is 9.49. The van der Waals surface area contributed by atoms with Gasteiger partial charge >= 0.3 is 0 Å². The summed E-state index contributed by atoms with van der Waals surface area (Å²) in [5, 5.41) is 11.0. The van der Waals surface area contributed by atoms with Crippen LogP contribution in [-0.2, 0) is 6.54 Å². The lowest BCUT2D eigenvalue weighted by molar-refractivity contribution is -0.0514. The first-order valence-corrected chi connectivity index (χ1v) is 7.92. The second kappa shape index (κ2) is 4.34. The van der Waals surface area contributed by atoms with Gasteiger partial charge in [0, 0.05) is 18.8 Å². The number of aromatic nitrogens is 2. The topological polar surface area (TPSA) is 40.7 Å². The predicted octanol–water partition coefficient (Wildman–Crippen LogP) is 3.02. The molecule has 0 amide bonds. The Kier molecular flexibility index (Phi) is 2.73. The number of aromatic amines is 1. The van der Waals surface area contributed by atoms with E-state index in [-0.39, 0.29) is 0 Å². The van der Waals surface area contributed by atoms with Gasteiger partial charge in [0.2, 0.25) is 0 Å². The van der Waals surface area contributed by atoms with Crippen molar-refractivity contribution in [2.24, 2.45) is 23.2 Å². The Morgan fingerprint density at radius 1 is 1.21 bits per heavy atom. The minimum atomic E-state index is 0.639. The van der Waals surface area contributed by atoms with Crippen LogP contribution in [0.4, 0.5) is 0 Å². The van der Waals surface area contributed by atoms with E-state index in [1.165, 1.54) is 45.1 Å². The number of aryl methyl sites for hydroxylation is 1. The Hall–Kier alpha value is -0.830. The summed E-state index contributed by atoms with van der Waals surface area (Å²) in [5.74, 6) is 3.17. The SMILES string of the molecule is Cc1cc(CNCC23CC4CC(CC(C4)C2)C3)n[nH]1. The van der Waals surface area contributed by atoms with Crippen LogP contribution in [0.25, 0.3) is 0 Å². The van der Waals surface area contributed by atoms with Crippen molar-refractivity contribution >= 4 is 0 Å². The number of rotatable bonds is 4. The lowest BCUT2D eigenvalue weighted by Crippen LogP contribution is -2.50. The summed E-state index contributed by atoms with van der Waals surface area (Å²) >= 11 is 0. The zero-order valence-electron chi connectivity index (χ0n) is 11.9. The van der Waals surface area contributed by atoms with Gasteiger partial charge in [0.15, 0.2) is 0 Å². The van der Waals surface area contributed by atoms with Gasteiger partial charge in [-0.05, 0) is 74.7 Å². The van der Waals surface area contributed by atoms with Crippen molar-refractivity contribution in [1.29, 1.82) is 0 Å².